The van der Waals surface area contributed by atoms with Crippen LogP contribution >= 0.6 is 11.3 Å². The third-order valence-electron chi connectivity index (χ3n) is 7.74. The second-order valence-corrected chi connectivity index (χ2v) is 11.5. The summed E-state index contributed by atoms with van der Waals surface area (Å²) in [5, 5.41) is 3.12. The summed E-state index contributed by atoms with van der Waals surface area (Å²) < 4.78 is 1.13. The maximum atomic E-state index is 5.21. The molecule has 0 radical (unpaired) electrons. The van der Waals surface area contributed by atoms with Crippen LogP contribution < -0.4 is 9.88 Å². The lowest BCUT2D eigenvalue weighted by atomic mass is 9.89. The van der Waals surface area contributed by atoms with E-state index in [-0.39, 0.29) is 5.92 Å². The second-order valence-electron chi connectivity index (χ2n) is 10.5. The highest BCUT2D eigenvalue weighted by Crippen LogP contribution is 2.34. The highest BCUT2D eigenvalue weighted by atomic mass is 32.1. The molecule has 3 heterocycles. The number of para-hydroxylation sites is 1. The molecule has 3 aromatic heterocycles. The van der Waals surface area contributed by atoms with E-state index in [0.717, 1.165) is 59.4 Å². The van der Waals surface area contributed by atoms with Gasteiger partial charge in [0.1, 0.15) is 10.8 Å². The average Bonchev–Trinajstić information content (AvgIpc) is 3.53. The van der Waals surface area contributed by atoms with Crippen LogP contribution in [0.3, 0.4) is 0 Å². The van der Waals surface area contributed by atoms with Crippen molar-refractivity contribution in [1.29, 1.82) is 0 Å². The molecule has 8 rings (SSSR count). The summed E-state index contributed by atoms with van der Waals surface area (Å²) in [5.74, 6) is 2.02. The van der Waals surface area contributed by atoms with E-state index >= 15 is 0 Å². The van der Waals surface area contributed by atoms with Gasteiger partial charge in [-0.2, -0.15) is 0 Å². The summed E-state index contributed by atoms with van der Waals surface area (Å²) in [6, 6.07) is 41.1. The predicted molar refractivity (Wildman–Crippen MR) is 174 cm³/mol. The number of fused-ring (bicyclic) bond motifs is 2. The van der Waals surface area contributed by atoms with Crippen LogP contribution in [0.2, 0.25) is 0 Å². The van der Waals surface area contributed by atoms with Crippen molar-refractivity contribution in [3.05, 3.63) is 149 Å². The van der Waals surface area contributed by atoms with Crippen molar-refractivity contribution >= 4 is 33.9 Å². The van der Waals surface area contributed by atoms with Gasteiger partial charge >= 0.3 is 0 Å². The van der Waals surface area contributed by atoms with E-state index in [0.29, 0.717) is 18.1 Å². The van der Waals surface area contributed by atoms with Crippen molar-refractivity contribution < 1.29 is 0 Å². The number of hydrogen-bond donors (Lipinski definition) is 0. The molecular weight excluding hydrogens is 547 g/mol. The Morgan fingerprint density at radius 3 is 1.88 bits per heavy atom. The summed E-state index contributed by atoms with van der Waals surface area (Å²) in [6.07, 6.45) is 4.86. The number of nitrogens with zero attached hydrogens (tertiary/aromatic N) is 5. The lowest BCUT2D eigenvalue weighted by Crippen LogP contribution is -2.30. The van der Waals surface area contributed by atoms with Gasteiger partial charge in [-0.15, -0.1) is 11.3 Å². The van der Waals surface area contributed by atoms with Crippen molar-refractivity contribution in [1.82, 2.24) is 24.9 Å². The van der Waals surface area contributed by atoms with Gasteiger partial charge in [0.15, 0.2) is 11.6 Å². The fraction of sp³-hybridized carbons (Fsp3) is 0.0541. The zero-order valence-corrected chi connectivity index (χ0v) is 23.9. The van der Waals surface area contributed by atoms with Crippen LogP contribution in [0.25, 0.3) is 55.9 Å². The fourth-order valence-electron chi connectivity index (χ4n) is 5.67. The van der Waals surface area contributed by atoms with E-state index in [9.17, 15) is 0 Å². The number of benzene rings is 4. The van der Waals surface area contributed by atoms with Crippen LogP contribution in [-0.2, 0) is 0 Å². The Balaban J connectivity index is 1.35. The van der Waals surface area contributed by atoms with Gasteiger partial charge < -0.3 is 0 Å². The van der Waals surface area contributed by atoms with Gasteiger partial charge in [-0.05, 0) is 18.1 Å². The van der Waals surface area contributed by atoms with Crippen LogP contribution in [0, 0.1) is 0 Å². The van der Waals surface area contributed by atoms with E-state index in [1.54, 1.807) is 11.3 Å². The Morgan fingerprint density at radius 2 is 1.21 bits per heavy atom. The molecule has 1 aliphatic rings. The maximum Gasteiger partial charge on any atom is 0.163 e. The van der Waals surface area contributed by atoms with Crippen molar-refractivity contribution in [3.63, 3.8) is 0 Å². The summed E-state index contributed by atoms with van der Waals surface area (Å²) in [4.78, 5) is 25.1. The molecule has 0 aliphatic heterocycles. The van der Waals surface area contributed by atoms with Gasteiger partial charge in [-0.25, -0.2) is 19.9 Å². The summed E-state index contributed by atoms with van der Waals surface area (Å²) in [7, 11) is 0. The molecule has 0 saturated carbocycles. The number of hydrogen-bond acceptors (Lipinski definition) is 6. The van der Waals surface area contributed by atoms with Gasteiger partial charge in [-0.3, -0.25) is 4.98 Å². The van der Waals surface area contributed by atoms with Gasteiger partial charge in [-0.1, -0.05) is 121 Å². The lowest BCUT2D eigenvalue weighted by molar-refractivity contribution is 0.798. The Labute approximate surface area is 252 Å². The topological polar surface area (TPSA) is 64.5 Å². The molecule has 1 unspecified atom stereocenters. The third kappa shape index (κ3) is 4.82. The normalized spacial score (nSPS) is 14.3. The molecule has 0 fully saturated rings. The minimum absolute atomic E-state index is 0.0709. The molecular formula is C37H25N5S. The molecule has 0 N–H and O–H groups in total. The van der Waals surface area contributed by atoms with E-state index in [1.165, 1.54) is 0 Å². The molecule has 1 atom stereocenters. The van der Waals surface area contributed by atoms with Crippen LogP contribution in [0.1, 0.15) is 23.7 Å². The Morgan fingerprint density at radius 1 is 0.581 bits per heavy atom. The van der Waals surface area contributed by atoms with Gasteiger partial charge in [0.05, 0.1) is 15.4 Å². The van der Waals surface area contributed by atoms with Gasteiger partial charge in [0.2, 0.25) is 0 Å². The number of rotatable bonds is 5. The molecule has 204 valence electrons. The van der Waals surface area contributed by atoms with E-state index in [1.807, 2.05) is 79.0 Å². The van der Waals surface area contributed by atoms with Crippen molar-refractivity contribution in [2.45, 2.75) is 12.3 Å². The van der Waals surface area contributed by atoms with Crippen LogP contribution in [-0.4, -0.2) is 24.9 Å². The molecule has 1 aliphatic carbocycles. The minimum Gasteiger partial charge on any atom is -0.256 e. The van der Waals surface area contributed by atoms with Crippen LogP contribution in [0.15, 0.2) is 128 Å². The molecule has 6 heteroatoms. The average molecular weight is 572 g/mol. The second kappa shape index (κ2) is 10.8. The predicted octanol–water partition coefficient (Wildman–Crippen LogP) is 7.04. The first-order valence-corrected chi connectivity index (χ1v) is 15.1. The number of pyridine rings is 1. The first-order valence-electron chi connectivity index (χ1n) is 14.3. The molecule has 0 saturated heterocycles. The van der Waals surface area contributed by atoms with Crippen LogP contribution in [0.5, 0.6) is 0 Å². The van der Waals surface area contributed by atoms with Crippen molar-refractivity contribution in [3.8, 4) is 33.3 Å². The zero-order chi connectivity index (χ0) is 28.6. The van der Waals surface area contributed by atoms with E-state index in [2.05, 4.69) is 54.6 Å². The van der Waals surface area contributed by atoms with E-state index in [4.69, 9.17) is 24.9 Å². The molecule has 43 heavy (non-hydrogen) atoms. The molecule has 5 nitrogen and oxygen atoms in total. The SMILES string of the molecule is C1=c2sc(-c3ccccc3)nc2=C(c2cccc3cccnc23)CC1c1nc(-c2ccccc2)nc(-c2ccccc2)n1. The fourth-order valence-corrected chi connectivity index (χ4v) is 6.76. The van der Waals surface area contributed by atoms with E-state index < -0.39 is 0 Å². The minimum atomic E-state index is -0.0709. The standard InChI is InChI=1S/C37H25N5S/c1-4-12-25(13-5-1)34-40-35(26-14-6-2-7-15-26)42-36(41-34)28-22-30(29-20-10-18-24-19-11-21-38-32(24)29)33-31(23-28)43-37(39-33)27-16-8-3-9-17-27/h1-21,23,28H,22H2. The smallest absolute Gasteiger partial charge is 0.163 e. The largest absolute Gasteiger partial charge is 0.256 e. The Hall–Kier alpha value is -5.33. The number of thiazole rings is 1. The third-order valence-corrected chi connectivity index (χ3v) is 8.81. The summed E-state index contributed by atoms with van der Waals surface area (Å²) in [6.45, 7) is 0. The van der Waals surface area contributed by atoms with Crippen molar-refractivity contribution in [2.75, 3.05) is 0 Å². The quantitative estimate of drug-likeness (QED) is 0.222. The molecule has 0 amide bonds. The van der Waals surface area contributed by atoms with Crippen LogP contribution in [0.4, 0.5) is 0 Å². The molecule has 0 bridgehead atoms. The first-order chi connectivity index (χ1) is 21.3. The van der Waals surface area contributed by atoms with Gasteiger partial charge in [0, 0.05) is 39.8 Å². The van der Waals surface area contributed by atoms with Crippen molar-refractivity contribution in [2.24, 2.45) is 0 Å². The highest BCUT2D eigenvalue weighted by molar-refractivity contribution is 7.13. The molecule has 4 aromatic carbocycles. The monoisotopic (exact) mass is 571 g/mol. The maximum absolute atomic E-state index is 5.21. The zero-order valence-electron chi connectivity index (χ0n) is 23.1. The summed E-state index contributed by atoms with van der Waals surface area (Å²) in [5.41, 5.74) is 6.28. The Bertz CT molecular complexity index is 2150. The lowest BCUT2D eigenvalue weighted by Gasteiger charge is -2.19. The first kappa shape index (κ1) is 25.4. The molecule has 7 aromatic rings. The molecule has 0 spiro atoms. The summed E-state index contributed by atoms with van der Waals surface area (Å²) >= 11 is 1.71. The Kier molecular flexibility index (Phi) is 6.39. The highest BCUT2D eigenvalue weighted by Gasteiger charge is 2.25. The van der Waals surface area contributed by atoms with Gasteiger partial charge in [0.25, 0.3) is 0 Å². The number of aromatic nitrogens is 5.